The quantitative estimate of drug-likeness (QED) is 0.565. The third-order valence-electron chi connectivity index (χ3n) is 3.86. The van der Waals surface area contributed by atoms with Crippen LogP contribution in [0.5, 0.6) is 0 Å². The minimum absolute atomic E-state index is 0.0659. The number of nitrogens with zero attached hydrogens (tertiary/aromatic N) is 2. The molecule has 1 fully saturated rings. The van der Waals surface area contributed by atoms with Gasteiger partial charge in [-0.25, -0.2) is 12.4 Å². The van der Waals surface area contributed by atoms with Gasteiger partial charge in [-0.1, -0.05) is 18.2 Å². The molecule has 26 heavy (non-hydrogen) atoms. The molecule has 2 heterocycles. The highest BCUT2D eigenvalue weighted by atomic mass is 32.2. The van der Waals surface area contributed by atoms with Crippen LogP contribution in [0.25, 0.3) is 6.08 Å². The third kappa shape index (κ3) is 4.01. The van der Waals surface area contributed by atoms with Gasteiger partial charge < -0.3 is 9.47 Å². The van der Waals surface area contributed by atoms with Crippen molar-refractivity contribution in [1.29, 1.82) is 0 Å². The zero-order valence-electron chi connectivity index (χ0n) is 13.9. The molecule has 0 amide bonds. The summed E-state index contributed by atoms with van der Waals surface area (Å²) in [6.07, 6.45) is 2.58. The molecule has 3 rings (SSSR count). The van der Waals surface area contributed by atoms with E-state index in [1.165, 1.54) is 36.5 Å². The molecule has 9 heteroatoms. The number of benzene rings is 1. The highest BCUT2D eigenvalue weighted by Gasteiger charge is 2.24. The molecular weight excluding hydrogens is 360 g/mol. The molecule has 1 aromatic carbocycles. The first kappa shape index (κ1) is 18.3. The summed E-state index contributed by atoms with van der Waals surface area (Å²) < 4.78 is 37.3. The third-order valence-corrected chi connectivity index (χ3v) is 5.58. The van der Waals surface area contributed by atoms with Gasteiger partial charge in [0, 0.05) is 12.3 Å². The smallest absolute Gasteiger partial charge is 0.268 e. The van der Waals surface area contributed by atoms with Crippen molar-refractivity contribution < 1.29 is 22.8 Å². The average molecular weight is 378 g/mol. The van der Waals surface area contributed by atoms with Crippen LogP contribution in [-0.2, 0) is 19.5 Å². The molecule has 1 aliphatic heterocycles. The Morgan fingerprint density at radius 3 is 2.54 bits per heavy atom. The van der Waals surface area contributed by atoms with E-state index >= 15 is 0 Å². The van der Waals surface area contributed by atoms with E-state index in [1.54, 1.807) is 18.2 Å². The van der Waals surface area contributed by atoms with E-state index in [0.29, 0.717) is 13.2 Å². The van der Waals surface area contributed by atoms with Gasteiger partial charge in [0.05, 0.1) is 35.1 Å². The lowest BCUT2D eigenvalue weighted by molar-refractivity contribution is -0.430. The average Bonchev–Trinajstić information content (AvgIpc) is 3.12. The normalized spacial score (nSPS) is 16.5. The molecule has 138 valence electrons. The van der Waals surface area contributed by atoms with Crippen LogP contribution < -0.4 is 0 Å². The van der Waals surface area contributed by atoms with E-state index < -0.39 is 21.2 Å². The Labute approximate surface area is 150 Å². The number of aromatic nitrogens is 1. The fourth-order valence-corrected chi connectivity index (χ4v) is 3.95. The van der Waals surface area contributed by atoms with E-state index in [4.69, 9.17) is 9.47 Å². The van der Waals surface area contributed by atoms with Gasteiger partial charge in [-0.05, 0) is 30.7 Å². The van der Waals surface area contributed by atoms with Gasteiger partial charge in [-0.3, -0.25) is 10.1 Å². The van der Waals surface area contributed by atoms with Gasteiger partial charge in [0.2, 0.25) is 0 Å². The van der Waals surface area contributed by atoms with Crippen LogP contribution in [0.3, 0.4) is 0 Å². The number of hydrogen-bond donors (Lipinski definition) is 0. The lowest BCUT2D eigenvalue weighted by Gasteiger charge is -2.22. The summed E-state index contributed by atoms with van der Waals surface area (Å²) in [5, 5.41) is 11.4. The lowest BCUT2D eigenvalue weighted by atomic mass is 10.2. The Kier molecular flexibility index (Phi) is 5.50. The highest BCUT2D eigenvalue weighted by molar-refractivity contribution is 7.90. The second-order valence-corrected chi connectivity index (χ2v) is 7.48. The zero-order chi connectivity index (χ0) is 18.6. The fraction of sp³-hybridized carbons (Fsp3) is 0.294. The second-order valence-electron chi connectivity index (χ2n) is 5.67. The van der Waals surface area contributed by atoms with Crippen LogP contribution in [0, 0.1) is 10.1 Å². The molecular formula is C17H18N2O6S. The summed E-state index contributed by atoms with van der Waals surface area (Å²) >= 11 is 0. The van der Waals surface area contributed by atoms with Gasteiger partial charge >= 0.3 is 0 Å². The van der Waals surface area contributed by atoms with Gasteiger partial charge in [0.15, 0.2) is 6.29 Å². The van der Waals surface area contributed by atoms with Crippen LogP contribution in [0.4, 0.5) is 0 Å². The van der Waals surface area contributed by atoms with Crippen LogP contribution in [0.15, 0.2) is 59.3 Å². The Morgan fingerprint density at radius 1 is 1.19 bits per heavy atom. The molecule has 0 saturated carbocycles. The first-order valence-corrected chi connectivity index (χ1v) is 9.48. The molecule has 0 aliphatic carbocycles. The van der Waals surface area contributed by atoms with Gasteiger partial charge in [0.25, 0.3) is 15.7 Å². The monoisotopic (exact) mass is 378 g/mol. The molecule has 1 saturated heterocycles. The van der Waals surface area contributed by atoms with E-state index in [0.717, 1.165) is 10.4 Å². The lowest BCUT2D eigenvalue weighted by Crippen LogP contribution is -2.26. The molecule has 0 bridgehead atoms. The van der Waals surface area contributed by atoms with Crippen molar-refractivity contribution in [2.45, 2.75) is 24.0 Å². The summed E-state index contributed by atoms with van der Waals surface area (Å²) in [6, 6.07) is 10.9. The first-order chi connectivity index (χ1) is 12.5. The van der Waals surface area contributed by atoms with E-state index in [2.05, 4.69) is 0 Å². The van der Waals surface area contributed by atoms with E-state index in [1.807, 2.05) is 0 Å². The molecule has 1 aliphatic rings. The number of rotatable bonds is 6. The predicted molar refractivity (Wildman–Crippen MR) is 93.4 cm³/mol. The van der Waals surface area contributed by atoms with E-state index in [9.17, 15) is 18.5 Å². The maximum atomic E-state index is 12.8. The topological polar surface area (TPSA) is 101 Å². The van der Waals surface area contributed by atoms with Crippen LogP contribution >= 0.6 is 0 Å². The van der Waals surface area contributed by atoms with Crippen LogP contribution in [0.1, 0.15) is 18.5 Å². The minimum atomic E-state index is -3.84. The molecule has 2 aromatic rings. The molecule has 0 radical (unpaired) electrons. The zero-order valence-corrected chi connectivity index (χ0v) is 14.7. The van der Waals surface area contributed by atoms with Crippen LogP contribution in [0.2, 0.25) is 0 Å². The maximum absolute atomic E-state index is 12.8. The maximum Gasteiger partial charge on any atom is 0.268 e. The van der Waals surface area contributed by atoms with Crippen molar-refractivity contribution in [2.24, 2.45) is 0 Å². The largest absolute Gasteiger partial charge is 0.352 e. The summed E-state index contributed by atoms with van der Waals surface area (Å²) in [6.45, 7) is 0.961. The molecule has 0 spiro atoms. The standard InChI is InChI=1S/C17H18N2O6S/c20-19(21)15(13-17-24-10-5-11-25-17)12-14-6-4-9-18(14)26(22,23)16-7-2-1-3-8-16/h1-4,6-9,12,17H,5,10-11,13H2/b15-12+. The van der Waals surface area contributed by atoms with Gasteiger partial charge in [-0.2, -0.15) is 0 Å². The molecule has 0 unspecified atom stereocenters. The van der Waals surface area contributed by atoms with Crippen molar-refractivity contribution in [1.82, 2.24) is 3.97 Å². The van der Waals surface area contributed by atoms with Crippen molar-refractivity contribution >= 4 is 16.1 Å². The summed E-state index contributed by atoms with van der Waals surface area (Å²) in [5.74, 6) is 0. The second kappa shape index (κ2) is 7.81. The SMILES string of the molecule is O=[N+]([O-])/C(=C/c1cccn1S(=O)(=O)c1ccccc1)CC1OCCCO1. The molecule has 1 aromatic heterocycles. The van der Waals surface area contributed by atoms with Gasteiger partial charge in [-0.15, -0.1) is 0 Å². The Hall–Kier alpha value is -2.49. The highest BCUT2D eigenvalue weighted by Crippen LogP contribution is 2.21. The minimum Gasteiger partial charge on any atom is -0.352 e. The number of nitro groups is 1. The predicted octanol–water partition coefficient (Wildman–Crippen LogP) is 2.50. The molecule has 8 nitrogen and oxygen atoms in total. The van der Waals surface area contributed by atoms with Crippen LogP contribution in [-0.4, -0.2) is 36.8 Å². The summed E-state index contributed by atoms with van der Waals surface area (Å²) in [4.78, 5) is 11.0. The van der Waals surface area contributed by atoms with Gasteiger partial charge in [0.1, 0.15) is 0 Å². The molecule has 0 atom stereocenters. The van der Waals surface area contributed by atoms with Crippen molar-refractivity contribution in [3.05, 3.63) is 70.2 Å². The Bertz CT molecular complexity index is 898. The molecule has 0 N–H and O–H groups in total. The summed E-state index contributed by atoms with van der Waals surface area (Å²) in [7, 11) is -3.84. The first-order valence-electron chi connectivity index (χ1n) is 8.04. The Balaban J connectivity index is 1.93. The van der Waals surface area contributed by atoms with Crippen molar-refractivity contribution in [3.8, 4) is 0 Å². The Morgan fingerprint density at radius 2 is 1.88 bits per heavy atom. The number of hydrogen-bond acceptors (Lipinski definition) is 6. The van der Waals surface area contributed by atoms with Crippen molar-refractivity contribution in [3.63, 3.8) is 0 Å². The number of ether oxygens (including phenoxy) is 2. The van der Waals surface area contributed by atoms with E-state index in [-0.39, 0.29) is 22.7 Å². The fourth-order valence-electron chi connectivity index (χ4n) is 2.60. The van der Waals surface area contributed by atoms with Crippen molar-refractivity contribution in [2.75, 3.05) is 13.2 Å². The summed E-state index contributed by atoms with van der Waals surface area (Å²) in [5.41, 5.74) is 0.0106.